The lowest BCUT2D eigenvalue weighted by Crippen LogP contribution is -2.47. The molecule has 0 saturated carbocycles. The molecule has 0 unspecified atom stereocenters. The Kier molecular flexibility index (Phi) is 4.82. The van der Waals surface area contributed by atoms with E-state index in [9.17, 15) is 0 Å². The molecule has 0 bridgehead atoms. The molecule has 0 aromatic carbocycles. The highest BCUT2D eigenvalue weighted by Crippen LogP contribution is 2.13. The van der Waals surface area contributed by atoms with E-state index in [0.29, 0.717) is 6.98 Å². The van der Waals surface area contributed by atoms with Crippen molar-refractivity contribution in [3.05, 3.63) is 0 Å². The minimum atomic E-state index is 0.697. The molecule has 76 valence electrons. The summed E-state index contributed by atoms with van der Waals surface area (Å²) < 4.78 is 0. The summed E-state index contributed by atoms with van der Waals surface area (Å²) in [6, 6.07) is 0. The average Bonchev–Trinajstić information content (AvgIpc) is 2.26. The Morgan fingerprint density at radius 2 is 1.62 bits per heavy atom. The maximum atomic E-state index is 2.52. The summed E-state index contributed by atoms with van der Waals surface area (Å²) in [6.45, 7) is 5.52. The molecule has 0 spiro atoms. The van der Waals surface area contributed by atoms with Crippen molar-refractivity contribution in [2.24, 2.45) is 0 Å². The van der Waals surface area contributed by atoms with Crippen molar-refractivity contribution < 1.29 is 0 Å². The van der Waals surface area contributed by atoms with Crippen LogP contribution in [0.25, 0.3) is 0 Å². The maximum absolute atomic E-state index is 2.52. The second kappa shape index (κ2) is 5.66. The van der Waals surface area contributed by atoms with Gasteiger partial charge in [0, 0.05) is 0 Å². The van der Waals surface area contributed by atoms with Crippen LogP contribution in [0.4, 0.5) is 0 Å². The third-order valence-electron chi connectivity index (χ3n) is 3.11. The van der Waals surface area contributed by atoms with Gasteiger partial charge < -0.3 is 9.62 Å². The van der Waals surface area contributed by atoms with Gasteiger partial charge in [-0.2, -0.15) is 0 Å². The molecule has 0 atom stereocenters. The van der Waals surface area contributed by atoms with E-state index in [0.717, 1.165) is 0 Å². The second-order valence-electron chi connectivity index (χ2n) is 4.29. The SMILES string of the molecule is CCCCB1N(C)CCCCN1C. The van der Waals surface area contributed by atoms with Crippen LogP contribution in [0, 0.1) is 0 Å². The van der Waals surface area contributed by atoms with Gasteiger partial charge in [0.15, 0.2) is 0 Å². The van der Waals surface area contributed by atoms with Gasteiger partial charge in [-0.15, -0.1) is 0 Å². The van der Waals surface area contributed by atoms with E-state index in [1.165, 1.54) is 45.1 Å². The molecule has 0 aromatic rings. The fourth-order valence-electron chi connectivity index (χ4n) is 2.18. The summed E-state index contributed by atoms with van der Waals surface area (Å²) in [6.07, 6.45) is 6.74. The summed E-state index contributed by atoms with van der Waals surface area (Å²) in [5.74, 6) is 0. The van der Waals surface area contributed by atoms with Crippen LogP contribution >= 0.6 is 0 Å². The highest BCUT2D eigenvalue weighted by Gasteiger charge is 2.26. The minimum absolute atomic E-state index is 0.697. The molecule has 1 aliphatic heterocycles. The van der Waals surface area contributed by atoms with Crippen molar-refractivity contribution in [2.45, 2.75) is 38.9 Å². The highest BCUT2D eigenvalue weighted by atomic mass is 15.2. The quantitative estimate of drug-likeness (QED) is 0.615. The van der Waals surface area contributed by atoms with Crippen LogP contribution in [-0.4, -0.2) is 43.8 Å². The first-order valence-corrected chi connectivity index (χ1v) is 5.66. The molecule has 13 heavy (non-hydrogen) atoms. The predicted molar refractivity (Wildman–Crippen MR) is 60.0 cm³/mol. The van der Waals surface area contributed by atoms with E-state index >= 15 is 0 Å². The molecule has 0 amide bonds. The molecule has 1 rings (SSSR count). The van der Waals surface area contributed by atoms with E-state index in [1.54, 1.807) is 0 Å². The van der Waals surface area contributed by atoms with Gasteiger partial charge in [0.2, 0.25) is 0 Å². The third-order valence-corrected chi connectivity index (χ3v) is 3.11. The van der Waals surface area contributed by atoms with Crippen LogP contribution in [0.2, 0.25) is 6.32 Å². The first-order valence-electron chi connectivity index (χ1n) is 5.66. The summed E-state index contributed by atoms with van der Waals surface area (Å²) in [4.78, 5) is 5.03. The molecule has 0 aliphatic carbocycles. The van der Waals surface area contributed by atoms with Gasteiger partial charge >= 0.3 is 6.98 Å². The van der Waals surface area contributed by atoms with Crippen molar-refractivity contribution in [2.75, 3.05) is 27.2 Å². The van der Waals surface area contributed by atoms with Crippen LogP contribution in [0.5, 0.6) is 0 Å². The Morgan fingerprint density at radius 3 is 2.08 bits per heavy atom. The molecule has 1 saturated heterocycles. The smallest absolute Gasteiger partial charge is 0.310 e. The zero-order valence-corrected chi connectivity index (χ0v) is 9.42. The Bertz CT molecular complexity index is 129. The first-order chi connectivity index (χ1) is 6.25. The summed E-state index contributed by atoms with van der Waals surface area (Å²) in [7, 11) is 4.53. The van der Waals surface area contributed by atoms with E-state index in [2.05, 4.69) is 30.6 Å². The largest absolute Gasteiger partial charge is 0.331 e. The van der Waals surface area contributed by atoms with E-state index in [4.69, 9.17) is 0 Å². The summed E-state index contributed by atoms with van der Waals surface area (Å²) in [5, 5.41) is 0. The predicted octanol–water partition coefficient (Wildman–Crippen LogP) is 1.93. The average molecular weight is 182 g/mol. The van der Waals surface area contributed by atoms with Gasteiger partial charge in [-0.3, -0.25) is 0 Å². The number of hydrogen-bond donors (Lipinski definition) is 0. The van der Waals surface area contributed by atoms with Crippen molar-refractivity contribution >= 4 is 6.98 Å². The van der Waals surface area contributed by atoms with Crippen molar-refractivity contribution in [1.82, 2.24) is 9.62 Å². The molecule has 2 nitrogen and oxygen atoms in total. The van der Waals surface area contributed by atoms with Gasteiger partial charge in [0.1, 0.15) is 0 Å². The van der Waals surface area contributed by atoms with Crippen LogP contribution in [0.15, 0.2) is 0 Å². The Hall–Kier alpha value is -0.0151. The van der Waals surface area contributed by atoms with E-state index in [-0.39, 0.29) is 0 Å². The molecular formula is C10H23BN2. The lowest BCUT2D eigenvalue weighted by Gasteiger charge is -2.29. The zero-order chi connectivity index (χ0) is 9.68. The first kappa shape index (κ1) is 11.1. The third kappa shape index (κ3) is 3.32. The number of unbranched alkanes of at least 4 members (excludes halogenated alkanes) is 1. The zero-order valence-electron chi connectivity index (χ0n) is 9.42. The molecular weight excluding hydrogens is 159 g/mol. The van der Waals surface area contributed by atoms with Crippen LogP contribution in [-0.2, 0) is 0 Å². The molecule has 1 heterocycles. The molecule has 0 aromatic heterocycles. The van der Waals surface area contributed by atoms with Crippen molar-refractivity contribution in [3.63, 3.8) is 0 Å². The molecule has 1 fully saturated rings. The molecule has 3 heteroatoms. The van der Waals surface area contributed by atoms with Gasteiger partial charge in [0.25, 0.3) is 0 Å². The Labute approximate surface area is 83.4 Å². The van der Waals surface area contributed by atoms with Gasteiger partial charge in [-0.05, 0) is 46.3 Å². The minimum Gasteiger partial charge on any atom is -0.331 e. The standard InChI is InChI=1S/C10H23BN2/c1-4-5-8-11-12(2)9-6-7-10-13(11)3/h4-10H2,1-3H3. The number of hydrogen-bond acceptors (Lipinski definition) is 2. The number of nitrogens with zero attached hydrogens (tertiary/aromatic N) is 2. The van der Waals surface area contributed by atoms with E-state index in [1.807, 2.05) is 0 Å². The van der Waals surface area contributed by atoms with Crippen LogP contribution in [0.3, 0.4) is 0 Å². The van der Waals surface area contributed by atoms with Gasteiger partial charge in [-0.1, -0.05) is 19.8 Å². The van der Waals surface area contributed by atoms with Gasteiger partial charge in [0.05, 0.1) is 0 Å². The monoisotopic (exact) mass is 182 g/mol. The summed E-state index contributed by atoms with van der Waals surface area (Å²) in [5.41, 5.74) is 0. The fourth-order valence-corrected chi connectivity index (χ4v) is 2.18. The maximum Gasteiger partial charge on any atom is 0.310 e. The Morgan fingerprint density at radius 1 is 1.08 bits per heavy atom. The topological polar surface area (TPSA) is 6.48 Å². The van der Waals surface area contributed by atoms with Crippen LogP contribution in [0.1, 0.15) is 32.6 Å². The summed E-state index contributed by atoms with van der Waals surface area (Å²) >= 11 is 0. The fraction of sp³-hybridized carbons (Fsp3) is 1.00. The lowest BCUT2D eigenvalue weighted by molar-refractivity contribution is 0.462. The van der Waals surface area contributed by atoms with Crippen molar-refractivity contribution in [3.8, 4) is 0 Å². The second-order valence-corrected chi connectivity index (χ2v) is 4.29. The highest BCUT2D eigenvalue weighted by molar-refractivity contribution is 6.52. The van der Waals surface area contributed by atoms with E-state index < -0.39 is 0 Å². The lowest BCUT2D eigenvalue weighted by atomic mass is 9.67. The normalized spacial score (nSPS) is 21.9. The molecule has 0 radical (unpaired) electrons. The van der Waals surface area contributed by atoms with Crippen LogP contribution < -0.4 is 0 Å². The van der Waals surface area contributed by atoms with Gasteiger partial charge in [-0.25, -0.2) is 0 Å². The van der Waals surface area contributed by atoms with Crippen molar-refractivity contribution in [1.29, 1.82) is 0 Å². The molecule has 0 N–H and O–H groups in total. The number of rotatable bonds is 3. The molecule has 1 aliphatic rings. The Balaban J connectivity index is 2.43.